The molecule has 1 fully saturated rings. The molecule has 120 valence electrons. The van der Waals surface area contributed by atoms with E-state index >= 15 is 0 Å². The van der Waals surface area contributed by atoms with Crippen LogP contribution in [0.1, 0.15) is 40.0 Å². The van der Waals surface area contributed by atoms with Crippen LogP contribution in [-0.4, -0.2) is 47.8 Å². The Kier molecular flexibility index (Phi) is 4.11. The molecule has 0 aliphatic carbocycles. The van der Waals surface area contributed by atoms with Crippen LogP contribution in [0.2, 0.25) is 13.6 Å². The van der Waals surface area contributed by atoms with Gasteiger partial charge in [-0.2, -0.15) is 0 Å². The van der Waals surface area contributed by atoms with E-state index in [4.69, 9.17) is 0 Å². The zero-order valence-electron chi connectivity index (χ0n) is 15.1. The van der Waals surface area contributed by atoms with Crippen molar-refractivity contribution in [2.75, 3.05) is 18.4 Å². The van der Waals surface area contributed by atoms with Crippen molar-refractivity contribution < 1.29 is 0 Å². The molecule has 0 N–H and O–H groups in total. The number of unbranched alkanes of at least 4 members (excludes halogenated alkanes) is 2. The van der Waals surface area contributed by atoms with Crippen LogP contribution in [0.3, 0.4) is 0 Å². The highest BCUT2D eigenvalue weighted by atomic mass is 15.5. The molecule has 22 heavy (non-hydrogen) atoms. The molecular formula is C16H30B2N4. The molecule has 1 atom stereocenters. The minimum atomic E-state index is 0.103. The summed E-state index contributed by atoms with van der Waals surface area (Å²) < 4.78 is 5.11. The Hall–Kier alpha value is -0.870. The largest absolute Gasteiger partial charge is 0.371 e. The quantitative estimate of drug-likeness (QED) is 0.627. The van der Waals surface area contributed by atoms with Crippen LogP contribution in [0, 0.1) is 0 Å². The molecule has 4 nitrogen and oxygen atoms in total. The van der Waals surface area contributed by atoms with E-state index in [-0.39, 0.29) is 5.54 Å². The van der Waals surface area contributed by atoms with E-state index < -0.39 is 0 Å². The average Bonchev–Trinajstić information content (AvgIpc) is 3.02. The van der Waals surface area contributed by atoms with Gasteiger partial charge in [-0.1, -0.05) is 33.4 Å². The van der Waals surface area contributed by atoms with Crippen molar-refractivity contribution in [2.24, 2.45) is 0 Å². The number of likely N-dealkylation sites (N-methyl/N-ethyl adjacent to an activating group) is 1. The van der Waals surface area contributed by atoms with Crippen molar-refractivity contribution >= 4 is 19.8 Å². The number of nitrogens with zero attached hydrogens (tertiary/aromatic N) is 4. The van der Waals surface area contributed by atoms with Crippen LogP contribution in [0.25, 0.3) is 0 Å². The summed E-state index contributed by atoms with van der Waals surface area (Å²) in [5.41, 5.74) is 0.103. The predicted molar refractivity (Wildman–Crippen MR) is 97.3 cm³/mol. The Morgan fingerprint density at radius 3 is 2.59 bits per heavy atom. The fourth-order valence-corrected chi connectivity index (χ4v) is 4.58. The van der Waals surface area contributed by atoms with Crippen molar-refractivity contribution in [1.82, 2.24) is 14.1 Å². The van der Waals surface area contributed by atoms with E-state index in [0.717, 1.165) is 0 Å². The van der Waals surface area contributed by atoms with Crippen molar-refractivity contribution in [3.8, 4) is 0 Å². The van der Waals surface area contributed by atoms with Gasteiger partial charge in [0.15, 0.2) is 0 Å². The van der Waals surface area contributed by atoms with Gasteiger partial charge < -0.3 is 18.9 Å². The Bertz CT molecular complexity index is 530. The van der Waals surface area contributed by atoms with Crippen LogP contribution in [-0.2, 0) is 5.54 Å². The molecular weight excluding hydrogens is 270 g/mol. The lowest BCUT2D eigenvalue weighted by Gasteiger charge is -2.53. The van der Waals surface area contributed by atoms with E-state index in [1.54, 1.807) is 0 Å². The lowest BCUT2D eigenvalue weighted by atomic mass is 9.56. The number of anilines is 1. The van der Waals surface area contributed by atoms with Crippen LogP contribution in [0.5, 0.6) is 0 Å². The van der Waals surface area contributed by atoms with Crippen molar-refractivity contribution in [3.05, 3.63) is 18.3 Å². The molecule has 2 aliphatic heterocycles. The Morgan fingerprint density at radius 1 is 1.18 bits per heavy atom. The van der Waals surface area contributed by atoms with Gasteiger partial charge in [-0.15, -0.1) is 0 Å². The van der Waals surface area contributed by atoms with Crippen LogP contribution in [0.4, 0.5) is 5.82 Å². The maximum atomic E-state index is 2.66. The van der Waals surface area contributed by atoms with Crippen LogP contribution in [0.15, 0.2) is 18.3 Å². The molecule has 1 unspecified atom stereocenters. The summed E-state index contributed by atoms with van der Waals surface area (Å²) in [5, 5.41) is 0. The molecule has 1 aromatic rings. The highest BCUT2D eigenvalue weighted by molar-refractivity contribution is 6.73. The molecule has 0 aromatic carbocycles. The first-order valence-corrected chi connectivity index (χ1v) is 8.85. The maximum Gasteiger partial charge on any atom is 0.331 e. The predicted octanol–water partition coefficient (Wildman–Crippen LogP) is 3.04. The summed E-state index contributed by atoms with van der Waals surface area (Å²) in [6.45, 7) is 13.9. The van der Waals surface area contributed by atoms with Gasteiger partial charge >= 0.3 is 6.98 Å². The Balaban J connectivity index is 1.92. The molecule has 0 spiro atoms. The second-order valence-electron chi connectivity index (χ2n) is 7.55. The van der Waals surface area contributed by atoms with Gasteiger partial charge in [0, 0.05) is 6.20 Å². The normalized spacial score (nSPS) is 24.8. The Labute approximate surface area is 136 Å². The van der Waals surface area contributed by atoms with Crippen molar-refractivity contribution in [2.45, 2.75) is 65.4 Å². The van der Waals surface area contributed by atoms with Gasteiger partial charge in [0.25, 0.3) is 6.98 Å². The van der Waals surface area contributed by atoms with Crippen molar-refractivity contribution in [3.63, 3.8) is 0 Å². The third-order valence-corrected chi connectivity index (χ3v) is 5.87. The second kappa shape index (κ2) is 5.64. The molecule has 3 rings (SSSR count). The minimum absolute atomic E-state index is 0.103. The Morgan fingerprint density at radius 2 is 1.91 bits per heavy atom. The first kappa shape index (κ1) is 16.0. The summed E-state index contributed by atoms with van der Waals surface area (Å²) >= 11 is 0. The maximum absolute atomic E-state index is 2.66. The van der Waals surface area contributed by atoms with Crippen LogP contribution < -0.4 is 4.81 Å². The van der Waals surface area contributed by atoms with Crippen LogP contribution >= 0.6 is 0 Å². The molecule has 0 radical (unpaired) electrons. The van der Waals surface area contributed by atoms with Gasteiger partial charge in [-0.05, 0) is 46.0 Å². The van der Waals surface area contributed by atoms with E-state index in [0.29, 0.717) is 20.1 Å². The molecule has 3 heterocycles. The minimum Gasteiger partial charge on any atom is -0.371 e. The first-order chi connectivity index (χ1) is 10.4. The van der Waals surface area contributed by atoms with E-state index in [1.165, 1.54) is 31.6 Å². The monoisotopic (exact) mass is 300 g/mol. The van der Waals surface area contributed by atoms with Gasteiger partial charge in [0.2, 0.25) is 0 Å². The topological polar surface area (TPSA) is 14.7 Å². The summed E-state index contributed by atoms with van der Waals surface area (Å²) in [6.07, 6.45) is 6.57. The zero-order chi connectivity index (χ0) is 16.1. The molecule has 2 aliphatic rings. The van der Waals surface area contributed by atoms with E-state index in [9.17, 15) is 0 Å². The van der Waals surface area contributed by atoms with Gasteiger partial charge in [0.1, 0.15) is 0 Å². The SMILES string of the molecule is CCCCCN1B(C)N(C)C2N(B1C)c1cccn1C2(C)C. The summed E-state index contributed by atoms with van der Waals surface area (Å²) in [5.74, 6) is 1.36. The summed E-state index contributed by atoms with van der Waals surface area (Å²) in [7, 11) is 2.29. The average molecular weight is 300 g/mol. The van der Waals surface area contributed by atoms with Gasteiger partial charge in [-0.3, -0.25) is 0 Å². The number of fused-ring (bicyclic) bond motifs is 3. The van der Waals surface area contributed by atoms with E-state index in [1.807, 2.05) is 0 Å². The standard InChI is InChI=1S/C16H30B2N4/c1-7-8-9-13-21-17(4)19(6)15-16(2,3)20-12-10-11-14(20)22(15)18(21)5/h10-12,15H,7-9,13H2,1-6H3. The second-order valence-corrected chi connectivity index (χ2v) is 7.55. The summed E-state index contributed by atoms with van der Waals surface area (Å²) in [6, 6.07) is 4.45. The number of aromatic nitrogens is 1. The first-order valence-electron chi connectivity index (χ1n) is 8.85. The molecule has 6 heteroatoms. The van der Waals surface area contributed by atoms with E-state index in [2.05, 4.69) is 78.7 Å². The molecule has 1 aromatic heterocycles. The smallest absolute Gasteiger partial charge is 0.331 e. The number of hydrogen-bond donors (Lipinski definition) is 0. The zero-order valence-corrected chi connectivity index (χ0v) is 15.1. The highest BCUT2D eigenvalue weighted by Gasteiger charge is 2.55. The van der Waals surface area contributed by atoms with Gasteiger partial charge in [-0.25, -0.2) is 0 Å². The lowest BCUT2D eigenvalue weighted by Crippen LogP contribution is -2.74. The molecule has 0 bridgehead atoms. The van der Waals surface area contributed by atoms with Crippen molar-refractivity contribution in [1.29, 1.82) is 0 Å². The fourth-order valence-electron chi connectivity index (χ4n) is 4.58. The molecule has 0 saturated carbocycles. The third-order valence-electron chi connectivity index (χ3n) is 5.87. The third kappa shape index (κ3) is 2.15. The number of hydrogen-bond acceptors (Lipinski definition) is 3. The fraction of sp³-hybridized carbons (Fsp3) is 0.750. The lowest BCUT2D eigenvalue weighted by molar-refractivity contribution is 0.203. The highest BCUT2D eigenvalue weighted by Crippen LogP contribution is 2.43. The number of rotatable bonds is 4. The summed E-state index contributed by atoms with van der Waals surface area (Å²) in [4.78, 5) is 5.17. The van der Waals surface area contributed by atoms with Gasteiger partial charge in [0.05, 0.1) is 17.5 Å². The molecule has 1 saturated heterocycles. The molecule has 0 amide bonds.